The van der Waals surface area contributed by atoms with Crippen LogP contribution in [0.1, 0.15) is 50.7 Å². The molecule has 0 fully saturated rings. The molecule has 0 amide bonds. The van der Waals surface area contributed by atoms with Crippen molar-refractivity contribution in [3.8, 4) is 0 Å². The second-order valence-electron chi connectivity index (χ2n) is 5.95. The van der Waals surface area contributed by atoms with Crippen molar-refractivity contribution in [1.29, 1.82) is 0 Å². The molecule has 0 spiro atoms. The van der Waals surface area contributed by atoms with E-state index in [2.05, 4.69) is 67.1 Å². The molecule has 112 valence electrons. The molecular formula is C18H23BrN2. The topological polar surface area (TPSA) is 38.0 Å². The summed E-state index contributed by atoms with van der Waals surface area (Å²) in [5.41, 5.74) is 11.7. The molecule has 0 heterocycles. The van der Waals surface area contributed by atoms with Crippen molar-refractivity contribution in [3.05, 3.63) is 52.0 Å². The number of nitrogens with two attached hydrogens (primary N) is 1. The van der Waals surface area contributed by atoms with Crippen LogP contribution in [0, 0.1) is 0 Å². The molecule has 0 unspecified atom stereocenters. The molecule has 0 aliphatic heterocycles. The fourth-order valence-corrected chi connectivity index (χ4v) is 2.84. The lowest BCUT2D eigenvalue weighted by atomic mass is 9.92. The zero-order valence-corrected chi connectivity index (χ0v) is 14.7. The van der Waals surface area contributed by atoms with Gasteiger partial charge in [-0.2, -0.15) is 0 Å². The first-order valence-corrected chi connectivity index (χ1v) is 8.15. The van der Waals surface area contributed by atoms with Crippen LogP contribution < -0.4 is 11.1 Å². The van der Waals surface area contributed by atoms with Crippen molar-refractivity contribution in [2.75, 3.05) is 11.1 Å². The summed E-state index contributed by atoms with van der Waals surface area (Å²) in [7, 11) is 0. The molecule has 3 heteroatoms. The van der Waals surface area contributed by atoms with Crippen LogP contribution in [0.3, 0.4) is 0 Å². The minimum Gasteiger partial charge on any atom is -0.396 e. The highest BCUT2D eigenvalue weighted by atomic mass is 79.9. The predicted molar refractivity (Wildman–Crippen MR) is 96.5 cm³/mol. The average Bonchev–Trinajstić information content (AvgIpc) is 2.43. The lowest BCUT2D eigenvalue weighted by Gasteiger charge is -2.22. The Bertz CT molecular complexity index is 607. The van der Waals surface area contributed by atoms with Crippen LogP contribution in [0.5, 0.6) is 0 Å². The van der Waals surface area contributed by atoms with Gasteiger partial charge in [-0.3, -0.25) is 0 Å². The molecule has 0 aliphatic carbocycles. The summed E-state index contributed by atoms with van der Waals surface area (Å²) in [6.45, 7) is 8.87. The van der Waals surface area contributed by atoms with Crippen molar-refractivity contribution in [1.82, 2.24) is 0 Å². The molecule has 2 nitrogen and oxygen atoms in total. The summed E-state index contributed by atoms with van der Waals surface area (Å²) in [5.74, 6) is 0.916. The number of halogens is 1. The number of para-hydroxylation sites is 2. The van der Waals surface area contributed by atoms with E-state index in [0.717, 1.165) is 15.8 Å². The lowest BCUT2D eigenvalue weighted by molar-refractivity contribution is 0.838. The normalized spacial score (nSPS) is 11.2. The molecule has 0 saturated heterocycles. The van der Waals surface area contributed by atoms with Crippen LogP contribution in [0.15, 0.2) is 40.9 Å². The van der Waals surface area contributed by atoms with Gasteiger partial charge in [0.1, 0.15) is 0 Å². The van der Waals surface area contributed by atoms with Crippen LogP contribution in [0.2, 0.25) is 0 Å². The monoisotopic (exact) mass is 346 g/mol. The fraction of sp³-hybridized carbons (Fsp3) is 0.333. The molecule has 0 aliphatic rings. The van der Waals surface area contributed by atoms with E-state index in [1.807, 2.05) is 18.2 Å². The maximum Gasteiger partial charge on any atom is 0.0697 e. The first-order chi connectivity index (χ1) is 9.91. The predicted octanol–water partition coefficient (Wildman–Crippen LogP) is 6.02. The van der Waals surface area contributed by atoms with Gasteiger partial charge in [0, 0.05) is 10.2 Å². The first-order valence-electron chi connectivity index (χ1n) is 7.35. The Balaban J connectivity index is 2.54. The molecule has 2 aromatic rings. The van der Waals surface area contributed by atoms with Gasteiger partial charge in [-0.25, -0.2) is 0 Å². The molecule has 21 heavy (non-hydrogen) atoms. The van der Waals surface area contributed by atoms with E-state index in [1.54, 1.807) is 0 Å². The van der Waals surface area contributed by atoms with Crippen LogP contribution >= 0.6 is 15.9 Å². The van der Waals surface area contributed by atoms with E-state index in [1.165, 1.54) is 16.8 Å². The third kappa shape index (κ3) is 3.41. The van der Waals surface area contributed by atoms with Gasteiger partial charge in [-0.05, 0) is 51.0 Å². The van der Waals surface area contributed by atoms with E-state index in [0.29, 0.717) is 11.8 Å². The fourth-order valence-electron chi connectivity index (χ4n) is 2.48. The van der Waals surface area contributed by atoms with Gasteiger partial charge in [-0.1, -0.05) is 52.0 Å². The van der Waals surface area contributed by atoms with E-state index >= 15 is 0 Å². The van der Waals surface area contributed by atoms with Crippen molar-refractivity contribution in [2.24, 2.45) is 0 Å². The third-order valence-corrected chi connectivity index (χ3v) is 4.38. The number of anilines is 3. The Morgan fingerprint density at radius 1 is 0.905 bits per heavy atom. The van der Waals surface area contributed by atoms with Crippen molar-refractivity contribution in [3.63, 3.8) is 0 Å². The summed E-state index contributed by atoms with van der Waals surface area (Å²) in [6, 6.07) is 12.5. The highest BCUT2D eigenvalue weighted by Crippen LogP contribution is 2.37. The largest absolute Gasteiger partial charge is 0.396 e. The van der Waals surface area contributed by atoms with Crippen LogP contribution in [0.4, 0.5) is 17.1 Å². The number of hydrogen-bond acceptors (Lipinski definition) is 2. The van der Waals surface area contributed by atoms with Crippen molar-refractivity contribution in [2.45, 2.75) is 39.5 Å². The maximum absolute atomic E-state index is 6.17. The van der Waals surface area contributed by atoms with Gasteiger partial charge in [0.05, 0.1) is 11.4 Å². The third-order valence-electron chi connectivity index (χ3n) is 3.69. The van der Waals surface area contributed by atoms with Crippen LogP contribution in [-0.4, -0.2) is 0 Å². The molecule has 0 aromatic heterocycles. The van der Waals surface area contributed by atoms with Gasteiger partial charge in [-0.15, -0.1) is 0 Å². The van der Waals surface area contributed by atoms with E-state index < -0.39 is 0 Å². The van der Waals surface area contributed by atoms with E-state index in [4.69, 9.17) is 5.73 Å². The molecular weight excluding hydrogens is 324 g/mol. The highest BCUT2D eigenvalue weighted by molar-refractivity contribution is 9.10. The summed E-state index contributed by atoms with van der Waals surface area (Å²) in [6.07, 6.45) is 0. The second kappa shape index (κ2) is 6.52. The minimum absolute atomic E-state index is 0.458. The smallest absolute Gasteiger partial charge is 0.0697 e. The standard InChI is InChI=1S/C18H23BrN2/c1-11(2)13-7-5-8-14(12(3)4)18(13)21-16-10-6-9-15(19)17(16)20/h5-12,21H,20H2,1-4H3. The SMILES string of the molecule is CC(C)c1cccc(C(C)C)c1Nc1cccc(Br)c1N. The summed E-state index contributed by atoms with van der Waals surface area (Å²) < 4.78 is 0.917. The molecule has 0 radical (unpaired) electrons. The lowest BCUT2D eigenvalue weighted by Crippen LogP contribution is -2.05. The van der Waals surface area contributed by atoms with Gasteiger partial charge in [0.2, 0.25) is 0 Å². The Labute approximate surface area is 135 Å². The summed E-state index contributed by atoms with van der Waals surface area (Å²) >= 11 is 3.49. The van der Waals surface area contributed by atoms with E-state index in [-0.39, 0.29) is 0 Å². The Morgan fingerprint density at radius 2 is 1.43 bits per heavy atom. The minimum atomic E-state index is 0.458. The molecule has 2 rings (SSSR count). The van der Waals surface area contributed by atoms with Crippen molar-refractivity contribution < 1.29 is 0 Å². The Hall–Kier alpha value is -1.48. The van der Waals surface area contributed by atoms with Crippen LogP contribution in [0.25, 0.3) is 0 Å². The number of rotatable bonds is 4. The molecule has 0 saturated carbocycles. The van der Waals surface area contributed by atoms with Gasteiger partial charge in [0.15, 0.2) is 0 Å². The molecule has 2 aromatic carbocycles. The maximum atomic E-state index is 6.17. The van der Waals surface area contributed by atoms with Gasteiger partial charge < -0.3 is 11.1 Å². The van der Waals surface area contributed by atoms with E-state index in [9.17, 15) is 0 Å². The zero-order valence-electron chi connectivity index (χ0n) is 13.1. The van der Waals surface area contributed by atoms with Gasteiger partial charge >= 0.3 is 0 Å². The summed E-state index contributed by atoms with van der Waals surface area (Å²) in [4.78, 5) is 0. The average molecular weight is 347 g/mol. The quantitative estimate of drug-likeness (QED) is 0.664. The Morgan fingerprint density at radius 3 is 1.95 bits per heavy atom. The first kappa shape index (κ1) is 15.9. The molecule has 0 atom stereocenters. The number of hydrogen-bond donors (Lipinski definition) is 2. The Kier molecular flexibility index (Phi) is 4.94. The van der Waals surface area contributed by atoms with Gasteiger partial charge in [0.25, 0.3) is 0 Å². The number of nitrogens with one attached hydrogen (secondary N) is 1. The number of benzene rings is 2. The number of nitrogen functional groups attached to an aromatic ring is 1. The molecule has 0 bridgehead atoms. The second-order valence-corrected chi connectivity index (χ2v) is 6.80. The molecule has 3 N–H and O–H groups in total. The van der Waals surface area contributed by atoms with Crippen LogP contribution in [-0.2, 0) is 0 Å². The highest BCUT2D eigenvalue weighted by Gasteiger charge is 2.15. The van der Waals surface area contributed by atoms with Crippen molar-refractivity contribution >= 4 is 33.0 Å². The zero-order chi connectivity index (χ0) is 15.6. The summed E-state index contributed by atoms with van der Waals surface area (Å²) in [5, 5.41) is 3.56.